The van der Waals surface area contributed by atoms with Gasteiger partial charge in [-0.25, -0.2) is 4.98 Å². The number of amides is 1. The van der Waals surface area contributed by atoms with Gasteiger partial charge in [0, 0.05) is 22.6 Å². The van der Waals surface area contributed by atoms with Crippen molar-refractivity contribution in [2.24, 2.45) is 5.92 Å². The van der Waals surface area contributed by atoms with Crippen molar-refractivity contribution in [1.29, 1.82) is 0 Å². The maximum atomic E-state index is 12.3. The molecular weight excluding hydrogens is 466 g/mol. The molecule has 4 aromatic rings. The molecule has 3 aromatic heterocycles. The van der Waals surface area contributed by atoms with Gasteiger partial charge in [-0.05, 0) is 48.7 Å². The lowest BCUT2D eigenvalue weighted by atomic mass is 10.1. The van der Waals surface area contributed by atoms with Crippen LogP contribution in [0.1, 0.15) is 35.8 Å². The third-order valence-corrected chi connectivity index (χ3v) is 6.80. The SMILES string of the molecule is CC(C)CCNC(=O)c1csc(CSc2nnc(-c3ccco3)n2-c2ccc(Cl)cc2)n1. The van der Waals surface area contributed by atoms with E-state index in [1.165, 1.54) is 23.1 Å². The number of hydrogen-bond acceptors (Lipinski definition) is 7. The highest BCUT2D eigenvalue weighted by atomic mass is 35.5. The molecule has 0 radical (unpaired) electrons. The summed E-state index contributed by atoms with van der Waals surface area (Å²) in [5.74, 6) is 2.19. The fourth-order valence-corrected chi connectivity index (χ4v) is 4.79. The maximum absolute atomic E-state index is 12.3. The van der Waals surface area contributed by atoms with Gasteiger partial charge in [-0.2, -0.15) is 0 Å². The molecule has 1 N–H and O–H groups in total. The van der Waals surface area contributed by atoms with Crippen LogP contribution in [0.2, 0.25) is 5.02 Å². The first kappa shape index (κ1) is 22.6. The van der Waals surface area contributed by atoms with Crippen molar-refractivity contribution in [3.05, 3.63) is 63.8 Å². The number of nitrogens with one attached hydrogen (secondary N) is 1. The van der Waals surface area contributed by atoms with Crippen LogP contribution in [-0.2, 0) is 5.75 Å². The Morgan fingerprint density at radius 2 is 2.06 bits per heavy atom. The second-order valence-corrected chi connectivity index (χ2v) is 9.77. The minimum Gasteiger partial charge on any atom is -0.461 e. The molecule has 0 aliphatic rings. The van der Waals surface area contributed by atoms with Crippen LogP contribution in [0.4, 0.5) is 0 Å². The van der Waals surface area contributed by atoms with Gasteiger partial charge in [0.1, 0.15) is 10.7 Å². The van der Waals surface area contributed by atoms with Crippen LogP contribution in [0.5, 0.6) is 0 Å². The molecule has 7 nitrogen and oxygen atoms in total. The summed E-state index contributed by atoms with van der Waals surface area (Å²) in [4.78, 5) is 16.8. The average Bonchev–Trinajstić information content (AvgIpc) is 3.52. The zero-order valence-corrected chi connectivity index (χ0v) is 20.0. The van der Waals surface area contributed by atoms with Gasteiger partial charge in [0.2, 0.25) is 5.82 Å². The van der Waals surface area contributed by atoms with E-state index < -0.39 is 0 Å². The van der Waals surface area contributed by atoms with Crippen molar-refractivity contribution in [2.45, 2.75) is 31.2 Å². The Morgan fingerprint density at radius 1 is 1.25 bits per heavy atom. The zero-order chi connectivity index (χ0) is 22.5. The molecule has 0 saturated carbocycles. The standard InChI is InChI=1S/C22H22ClN5O2S2/c1-14(2)9-10-24-21(29)17-12-31-19(25-17)13-32-22-27-26-20(18-4-3-11-30-18)28(22)16-7-5-15(23)6-8-16/h3-8,11-12,14H,9-10,13H2,1-2H3,(H,24,29). The summed E-state index contributed by atoms with van der Waals surface area (Å²) >= 11 is 9.02. The van der Waals surface area contributed by atoms with E-state index in [0.29, 0.717) is 45.7 Å². The Labute approximate surface area is 199 Å². The largest absolute Gasteiger partial charge is 0.461 e. The van der Waals surface area contributed by atoms with Crippen molar-refractivity contribution in [2.75, 3.05) is 6.54 Å². The normalized spacial score (nSPS) is 11.2. The van der Waals surface area contributed by atoms with Crippen molar-refractivity contribution in [1.82, 2.24) is 25.1 Å². The molecule has 32 heavy (non-hydrogen) atoms. The Kier molecular flexibility index (Phi) is 7.29. The molecule has 0 saturated heterocycles. The summed E-state index contributed by atoms with van der Waals surface area (Å²) in [5, 5.41) is 15.6. The Morgan fingerprint density at radius 3 is 2.78 bits per heavy atom. The number of rotatable bonds is 9. The van der Waals surface area contributed by atoms with Crippen molar-refractivity contribution in [3.8, 4) is 17.3 Å². The topological polar surface area (TPSA) is 85.8 Å². The van der Waals surface area contributed by atoms with E-state index in [1.807, 2.05) is 41.0 Å². The van der Waals surface area contributed by atoms with Gasteiger partial charge in [0.15, 0.2) is 10.9 Å². The average molecular weight is 488 g/mol. The summed E-state index contributed by atoms with van der Waals surface area (Å²) in [6.45, 7) is 4.91. The number of furan rings is 1. The van der Waals surface area contributed by atoms with E-state index >= 15 is 0 Å². The van der Waals surface area contributed by atoms with Gasteiger partial charge in [-0.3, -0.25) is 9.36 Å². The first-order chi connectivity index (χ1) is 15.5. The first-order valence-corrected chi connectivity index (χ1v) is 12.4. The van der Waals surface area contributed by atoms with Gasteiger partial charge in [0.05, 0.1) is 12.0 Å². The fourth-order valence-electron chi connectivity index (χ4n) is 2.92. The van der Waals surface area contributed by atoms with Crippen molar-refractivity contribution < 1.29 is 9.21 Å². The Hall–Kier alpha value is -2.62. The van der Waals surface area contributed by atoms with E-state index in [1.54, 1.807) is 11.6 Å². The monoisotopic (exact) mass is 487 g/mol. The number of hydrogen-bond donors (Lipinski definition) is 1. The molecule has 0 atom stereocenters. The van der Waals surface area contributed by atoms with Crippen LogP contribution >= 0.6 is 34.7 Å². The highest BCUT2D eigenvalue weighted by molar-refractivity contribution is 7.98. The number of aromatic nitrogens is 4. The van der Waals surface area contributed by atoms with Crippen LogP contribution in [0.3, 0.4) is 0 Å². The molecule has 1 aromatic carbocycles. The predicted octanol–water partition coefficient (Wildman–Crippen LogP) is 5.71. The van der Waals surface area contributed by atoms with E-state index in [4.69, 9.17) is 16.0 Å². The molecule has 4 rings (SSSR count). The molecule has 0 unspecified atom stereocenters. The number of benzene rings is 1. The van der Waals surface area contributed by atoms with E-state index in [-0.39, 0.29) is 5.91 Å². The molecule has 0 aliphatic carbocycles. The first-order valence-electron chi connectivity index (χ1n) is 10.1. The predicted molar refractivity (Wildman–Crippen MR) is 128 cm³/mol. The highest BCUT2D eigenvalue weighted by Crippen LogP contribution is 2.31. The molecule has 1 amide bonds. The second kappa shape index (κ2) is 10.3. The van der Waals surface area contributed by atoms with Gasteiger partial charge in [-0.1, -0.05) is 37.2 Å². The van der Waals surface area contributed by atoms with Gasteiger partial charge < -0.3 is 9.73 Å². The number of thioether (sulfide) groups is 1. The Bertz CT molecular complexity index is 1170. The zero-order valence-electron chi connectivity index (χ0n) is 17.6. The van der Waals surface area contributed by atoms with E-state index in [0.717, 1.165) is 17.1 Å². The maximum Gasteiger partial charge on any atom is 0.270 e. The van der Waals surface area contributed by atoms with Gasteiger partial charge in [-0.15, -0.1) is 21.5 Å². The van der Waals surface area contributed by atoms with Crippen LogP contribution < -0.4 is 5.32 Å². The number of halogens is 1. The van der Waals surface area contributed by atoms with Gasteiger partial charge in [0.25, 0.3) is 5.91 Å². The molecule has 0 fully saturated rings. The molecule has 166 valence electrons. The highest BCUT2D eigenvalue weighted by Gasteiger charge is 2.19. The lowest BCUT2D eigenvalue weighted by Crippen LogP contribution is -2.25. The number of carbonyl (C=O) groups is 1. The van der Waals surface area contributed by atoms with Gasteiger partial charge >= 0.3 is 0 Å². The summed E-state index contributed by atoms with van der Waals surface area (Å²) in [5.41, 5.74) is 1.32. The van der Waals surface area contributed by atoms with Crippen LogP contribution in [-0.4, -0.2) is 32.2 Å². The van der Waals surface area contributed by atoms with Crippen LogP contribution in [0.25, 0.3) is 17.3 Å². The smallest absolute Gasteiger partial charge is 0.270 e. The number of thiazole rings is 1. The minimum atomic E-state index is -0.136. The van der Waals surface area contributed by atoms with Crippen molar-refractivity contribution >= 4 is 40.6 Å². The third kappa shape index (κ3) is 5.40. The quantitative estimate of drug-likeness (QED) is 0.304. The minimum absolute atomic E-state index is 0.136. The summed E-state index contributed by atoms with van der Waals surface area (Å²) in [7, 11) is 0. The molecule has 3 heterocycles. The summed E-state index contributed by atoms with van der Waals surface area (Å²) < 4.78 is 7.47. The Balaban J connectivity index is 1.50. The number of carbonyl (C=O) groups excluding carboxylic acids is 1. The lowest BCUT2D eigenvalue weighted by Gasteiger charge is -2.09. The van der Waals surface area contributed by atoms with E-state index in [9.17, 15) is 4.79 Å². The lowest BCUT2D eigenvalue weighted by molar-refractivity contribution is 0.0947. The van der Waals surface area contributed by atoms with Crippen LogP contribution in [0.15, 0.2) is 57.6 Å². The third-order valence-electron chi connectivity index (χ3n) is 4.58. The van der Waals surface area contributed by atoms with Crippen LogP contribution in [0, 0.1) is 5.92 Å². The van der Waals surface area contributed by atoms with Crippen molar-refractivity contribution in [3.63, 3.8) is 0 Å². The molecule has 0 spiro atoms. The molecule has 0 bridgehead atoms. The summed E-state index contributed by atoms with van der Waals surface area (Å²) in [6, 6.07) is 11.1. The number of nitrogens with zero attached hydrogens (tertiary/aromatic N) is 4. The van der Waals surface area contributed by atoms with E-state index in [2.05, 4.69) is 34.3 Å². The fraction of sp³-hybridized carbons (Fsp3) is 0.273. The second-order valence-electron chi connectivity index (χ2n) is 7.45. The molecule has 0 aliphatic heterocycles. The molecular formula is C22H22ClN5O2S2. The summed E-state index contributed by atoms with van der Waals surface area (Å²) in [6.07, 6.45) is 2.54. The molecule has 10 heteroatoms.